The van der Waals surface area contributed by atoms with Crippen LogP contribution in [-0.2, 0) is 16.6 Å². The molecular formula is C13H22BrN3O3S. The molecule has 0 bridgehead atoms. The van der Waals surface area contributed by atoms with Crippen molar-refractivity contribution in [3.05, 3.63) is 16.5 Å². The van der Waals surface area contributed by atoms with Crippen LogP contribution in [0.15, 0.2) is 20.0 Å². The number of nitrogens with zero attached hydrogens (tertiary/aromatic N) is 2. The van der Waals surface area contributed by atoms with Gasteiger partial charge in [-0.05, 0) is 36.4 Å². The molecule has 1 aromatic heterocycles. The van der Waals surface area contributed by atoms with Crippen molar-refractivity contribution in [2.45, 2.75) is 31.3 Å². The molecule has 1 atom stereocenters. The van der Waals surface area contributed by atoms with Gasteiger partial charge in [0.15, 0.2) is 4.67 Å². The first-order chi connectivity index (χ1) is 9.90. The Balaban J connectivity index is 2.22. The van der Waals surface area contributed by atoms with E-state index < -0.39 is 10.0 Å². The number of hydrogen-bond acceptors (Lipinski definition) is 5. The van der Waals surface area contributed by atoms with Crippen LogP contribution < -0.4 is 5.32 Å². The van der Waals surface area contributed by atoms with Crippen molar-refractivity contribution in [1.29, 1.82) is 0 Å². The summed E-state index contributed by atoms with van der Waals surface area (Å²) >= 11 is 3.22. The molecule has 0 amide bonds. The van der Waals surface area contributed by atoms with Crippen LogP contribution in [0.25, 0.3) is 0 Å². The molecule has 0 aromatic carbocycles. The molecule has 120 valence electrons. The summed E-state index contributed by atoms with van der Waals surface area (Å²) in [4.78, 5) is 2.49. The van der Waals surface area contributed by atoms with Crippen LogP contribution in [0.5, 0.6) is 0 Å². The highest BCUT2D eigenvalue weighted by Gasteiger charge is 2.34. The van der Waals surface area contributed by atoms with Crippen LogP contribution in [0, 0.1) is 0 Å². The second-order valence-electron chi connectivity index (χ2n) is 5.22. The molecule has 1 aliphatic rings. The zero-order chi connectivity index (χ0) is 15.6. The molecule has 0 radical (unpaired) electrons. The van der Waals surface area contributed by atoms with Gasteiger partial charge in [0.1, 0.15) is 10.7 Å². The van der Waals surface area contributed by atoms with Crippen molar-refractivity contribution in [3.8, 4) is 0 Å². The van der Waals surface area contributed by atoms with Crippen molar-refractivity contribution in [2.75, 3.05) is 33.2 Å². The van der Waals surface area contributed by atoms with Crippen molar-refractivity contribution < 1.29 is 12.8 Å². The van der Waals surface area contributed by atoms with E-state index >= 15 is 0 Å². The number of rotatable bonds is 5. The highest BCUT2D eigenvalue weighted by atomic mass is 79.9. The van der Waals surface area contributed by atoms with E-state index in [1.165, 1.54) is 0 Å². The first-order valence-electron chi connectivity index (χ1n) is 7.07. The van der Waals surface area contributed by atoms with Crippen LogP contribution in [0.4, 0.5) is 0 Å². The Morgan fingerprint density at radius 1 is 1.48 bits per heavy atom. The third-order valence-electron chi connectivity index (χ3n) is 3.81. The van der Waals surface area contributed by atoms with E-state index in [0.717, 1.165) is 13.1 Å². The van der Waals surface area contributed by atoms with Crippen LogP contribution in [0.3, 0.4) is 0 Å². The monoisotopic (exact) mass is 379 g/mol. The summed E-state index contributed by atoms with van der Waals surface area (Å²) in [6.07, 6.45) is 0. The smallest absolute Gasteiger partial charge is 0.247 e. The Bertz CT molecular complexity index is 587. The minimum Gasteiger partial charge on any atom is -0.452 e. The fourth-order valence-electron chi connectivity index (χ4n) is 2.62. The van der Waals surface area contributed by atoms with Gasteiger partial charge in [-0.3, -0.25) is 4.90 Å². The van der Waals surface area contributed by atoms with Gasteiger partial charge in [-0.1, -0.05) is 6.92 Å². The van der Waals surface area contributed by atoms with Gasteiger partial charge in [-0.15, -0.1) is 0 Å². The summed E-state index contributed by atoms with van der Waals surface area (Å²) in [6.45, 7) is 7.37. The minimum atomic E-state index is -3.52. The average Bonchev–Trinajstić information content (AvgIpc) is 2.80. The fourth-order valence-corrected chi connectivity index (χ4v) is 5.10. The molecule has 0 spiro atoms. The van der Waals surface area contributed by atoms with Gasteiger partial charge in [0.2, 0.25) is 10.0 Å². The van der Waals surface area contributed by atoms with Crippen LogP contribution in [-0.4, -0.2) is 56.9 Å². The fraction of sp³-hybridized carbons (Fsp3) is 0.692. The van der Waals surface area contributed by atoms with E-state index in [-0.39, 0.29) is 15.6 Å². The van der Waals surface area contributed by atoms with E-state index in [1.807, 2.05) is 0 Å². The van der Waals surface area contributed by atoms with Crippen LogP contribution in [0.1, 0.15) is 19.6 Å². The summed E-state index contributed by atoms with van der Waals surface area (Å²) in [5, 5.41) is 2.95. The van der Waals surface area contributed by atoms with Crippen LogP contribution >= 0.6 is 15.9 Å². The molecule has 1 fully saturated rings. The first-order valence-corrected chi connectivity index (χ1v) is 9.30. The molecule has 8 heteroatoms. The molecule has 21 heavy (non-hydrogen) atoms. The van der Waals surface area contributed by atoms with Crippen molar-refractivity contribution in [2.24, 2.45) is 0 Å². The molecule has 1 unspecified atom stereocenters. The quantitative estimate of drug-likeness (QED) is 0.838. The Morgan fingerprint density at radius 2 is 2.19 bits per heavy atom. The van der Waals surface area contributed by atoms with Gasteiger partial charge >= 0.3 is 0 Å². The summed E-state index contributed by atoms with van der Waals surface area (Å²) in [7, 11) is -1.73. The normalized spacial score (nSPS) is 21.8. The summed E-state index contributed by atoms with van der Waals surface area (Å²) < 4.78 is 32.8. The number of likely N-dealkylation sites (N-methyl/N-ethyl adjacent to an activating group) is 1. The number of hydrogen-bond donors (Lipinski definition) is 1. The van der Waals surface area contributed by atoms with Gasteiger partial charge < -0.3 is 9.73 Å². The zero-order valence-corrected chi connectivity index (χ0v) is 15.0. The number of piperazine rings is 1. The first kappa shape index (κ1) is 17.0. The third-order valence-corrected chi connectivity index (χ3v) is 6.53. The van der Waals surface area contributed by atoms with Crippen molar-refractivity contribution in [1.82, 2.24) is 14.5 Å². The van der Waals surface area contributed by atoms with Crippen LogP contribution in [0.2, 0.25) is 0 Å². The topological polar surface area (TPSA) is 65.8 Å². The lowest BCUT2D eigenvalue weighted by molar-refractivity contribution is 0.135. The summed E-state index contributed by atoms with van der Waals surface area (Å²) in [5.74, 6) is 0.600. The minimum absolute atomic E-state index is 0.213. The maximum atomic E-state index is 12.8. The largest absolute Gasteiger partial charge is 0.452 e. The van der Waals surface area contributed by atoms with Gasteiger partial charge in [-0.2, -0.15) is 4.31 Å². The molecule has 1 aliphatic heterocycles. The predicted molar refractivity (Wildman–Crippen MR) is 84.6 cm³/mol. The lowest BCUT2D eigenvalue weighted by Gasteiger charge is -2.38. The molecule has 0 aliphatic carbocycles. The van der Waals surface area contributed by atoms with E-state index in [9.17, 15) is 8.42 Å². The number of halogens is 1. The lowest BCUT2D eigenvalue weighted by Crippen LogP contribution is -2.53. The average molecular weight is 380 g/mol. The molecular weight excluding hydrogens is 358 g/mol. The molecule has 2 heterocycles. The van der Waals surface area contributed by atoms with E-state index in [2.05, 4.69) is 40.0 Å². The predicted octanol–water partition coefficient (Wildman–Crippen LogP) is 1.48. The van der Waals surface area contributed by atoms with Gasteiger partial charge in [0, 0.05) is 31.7 Å². The second kappa shape index (κ2) is 6.78. The maximum absolute atomic E-state index is 12.8. The SMILES string of the molecule is CCN1CCN(S(=O)(=O)c2cc(CNC)oc2Br)CC1C. The maximum Gasteiger partial charge on any atom is 0.247 e. The number of furan rings is 1. The molecule has 1 aromatic rings. The second-order valence-corrected chi connectivity index (χ2v) is 7.85. The lowest BCUT2D eigenvalue weighted by atomic mass is 10.2. The zero-order valence-electron chi connectivity index (χ0n) is 12.6. The van der Waals surface area contributed by atoms with Gasteiger partial charge in [-0.25, -0.2) is 8.42 Å². The Kier molecular flexibility index (Phi) is 5.48. The molecule has 0 saturated carbocycles. The molecule has 1 saturated heterocycles. The molecule has 1 N–H and O–H groups in total. The Hall–Kier alpha value is -0.410. The molecule has 2 rings (SSSR count). The summed E-state index contributed by atoms with van der Waals surface area (Å²) in [6, 6.07) is 1.81. The highest BCUT2D eigenvalue weighted by Crippen LogP contribution is 2.29. The Labute approximate surface area is 134 Å². The highest BCUT2D eigenvalue weighted by molar-refractivity contribution is 9.10. The Morgan fingerprint density at radius 3 is 2.76 bits per heavy atom. The van der Waals surface area contributed by atoms with Gasteiger partial charge in [0.05, 0.1) is 6.54 Å². The van der Waals surface area contributed by atoms with Crippen molar-refractivity contribution in [3.63, 3.8) is 0 Å². The van der Waals surface area contributed by atoms with E-state index in [0.29, 0.717) is 25.4 Å². The van der Waals surface area contributed by atoms with E-state index in [4.69, 9.17) is 4.42 Å². The van der Waals surface area contributed by atoms with Gasteiger partial charge in [0.25, 0.3) is 0 Å². The van der Waals surface area contributed by atoms with Crippen molar-refractivity contribution >= 4 is 26.0 Å². The van der Waals surface area contributed by atoms with E-state index in [1.54, 1.807) is 17.4 Å². The third kappa shape index (κ3) is 3.50. The standard InChI is InChI=1S/C13H22BrN3O3S/c1-4-16-5-6-17(9-10(16)2)21(18,19)12-7-11(8-15-3)20-13(12)14/h7,10,15H,4-6,8-9H2,1-3H3. The summed E-state index contributed by atoms with van der Waals surface area (Å²) in [5.41, 5.74) is 0. The number of nitrogens with one attached hydrogen (secondary N) is 1. The molecule has 6 nitrogen and oxygen atoms in total. The number of sulfonamides is 1.